The summed E-state index contributed by atoms with van der Waals surface area (Å²) in [5.74, 6) is 0.723. The zero-order chi connectivity index (χ0) is 8.97. The molecule has 0 radical (unpaired) electrons. The summed E-state index contributed by atoms with van der Waals surface area (Å²) in [7, 11) is 0. The maximum Gasteiger partial charge on any atom is 0.142 e. The van der Waals surface area contributed by atoms with Gasteiger partial charge in [0.25, 0.3) is 0 Å². The highest BCUT2D eigenvalue weighted by molar-refractivity contribution is 5.51. The van der Waals surface area contributed by atoms with Gasteiger partial charge in [0.1, 0.15) is 12.4 Å². The molecule has 0 bridgehead atoms. The molecular weight excluding hydrogens is 150 g/mol. The molecule has 0 atom stereocenters. The van der Waals surface area contributed by atoms with E-state index in [1.807, 2.05) is 31.2 Å². The van der Waals surface area contributed by atoms with E-state index in [1.165, 1.54) is 0 Å². The van der Waals surface area contributed by atoms with Crippen LogP contribution in [0, 0.1) is 0 Å². The number of nitrogen functional groups attached to an aromatic ring is 1. The molecule has 0 aliphatic rings. The Kier molecular flexibility index (Phi) is 2.75. The van der Waals surface area contributed by atoms with Crippen molar-refractivity contribution in [3.05, 3.63) is 36.4 Å². The maximum absolute atomic E-state index is 5.65. The Labute approximate surface area is 72.7 Å². The van der Waals surface area contributed by atoms with E-state index in [2.05, 4.69) is 6.58 Å². The second-order valence-corrected chi connectivity index (χ2v) is 2.78. The van der Waals surface area contributed by atoms with Crippen molar-refractivity contribution in [2.24, 2.45) is 0 Å². The molecule has 1 rings (SSSR count). The smallest absolute Gasteiger partial charge is 0.142 e. The molecule has 0 spiro atoms. The highest BCUT2D eigenvalue weighted by atomic mass is 16.5. The van der Waals surface area contributed by atoms with Crippen LogP contribution in [0.1, 0.15) is 6.92 Å². The minimum Gasteiger partial charge on any atom is -0.487 e. The van der Waals surface area contributed by atoms with Gasteiger partial charge in [-0.15, -0.1) is 0 Å². The van der Waals surface area contributed by atoms with Gasteiger partial charge in [0.15, 0.2) is 0 Å². The van der Waals surface area contributed by atoms with Crippen LogP contribution in [-0.4, -0.2) is 6.61 Å². The van der Waals surface area contributed by atoms with Crippen LogP contribution in [-0.2, 0) is 0 Å². The Balaban J connectivity index is 2.63. The van der Waals surface area contributed by atoms with Crippen LogP contribution in [0.25, 0.3) is 0 Å². The van der Waals surface area contributed by atoms with Crippen molar-refractivity contribution in [3.63, 3.8) is 0 Å². The average Bonchev–Trinajstić information content (AvgIpc) is 2.03. The van der Waals surface area contributed by atoms with Crippen molar-refractivity contribution >= 4 is 5.69 Å². The first-order valence-electron chi connectivity index (χ1n) is 3.82. The van der Waals surface area contributed by atoms with Gasteiger partial charge in [-0.05, 0) is 24.6 Å². The van der Waals surface area contributed by atoms with Crippen molar-refractivity contribution in [1.29, 1.82) is 0 Å². The Morgan fingerprint density at radius 3 is 2.75 bits per heavy atom. The van der Waals surface area contributed by atoms with Crippen molar-refractivity contribution in [2.75, 3.05) is 12.3 Å². The average molecular weight is 163 g/mol. The highest BCUT2D eigenvalue weighted by Crippen LogP contribution is 2.19. The molecule has 0 unspecified atom stereocenters. The van der Waals surface area contributed by atoms with E-state index in [4.69, 9.17) is 10.5 Å². The number of anilines is 1. The fourth-order valence-corrected chi connectivity index (χ4v) is 0.813. The highest BCUT2D eigenvalue weighted by Gasteiger charge is 1.96. The van der Waals surface area contributed by atoms with Gasteiger partial charge in [0, 0.05) is 0 Å². The van der Waals surface area contributed by atoms with E-state index in [0.717, 1.165) is 11.3 Å². The molecule has 0 saturated carbocycles. The summed E-state index contributed by atoms with van der Waals surface area (Å²) in [5.41, 5.74) is 7.30. The quantitative estimate of drug-likeness (QED) is 0.547. The van der Waals surface area contributed by atoms with Gasteiger partial charge in [0.2, 0.25) is 0 Å². The molecule has 0 saturated heterocycles. The second kappa shape index (κ2) is 3.81. The van der Waals surface area contributed by atoms with E-state index in [9.17, 15) is 0 Å². The third-order valence-electron chi connectivity index (χ3n) is 1.39. The predicted molar refractivity (Wildman–Crippen MR) is 51.2 cm³/mol. The molecule has 12 heavy (non-hydrogen) atoms. The number of nitrogens with two attached hydrogens (primary N) is 1. The second-order valence-electron chi connectivity index (χ2n) is 2.78. The van der Waals surface area contributed by atoms with Gasteiger partial charge in [0.05, 0.1) is 5.69 Å². The van der Waals surface area contributed by atoms with Gasteiger partial charge in [-0.25, -0.2) is 0 Å². The number of para-hydroxylation sites is 2. The van der Waals surface area contributed by atoms with E-state index >= 15 is 0 Å². The maximum atomic E-state index is 5.65. The number of hydrogen-bond donors (Lipinski definition) is 1. The van der Waals surface area contributed by atoms with Gasteiger partial charge in [-0.3, -0.25) is 0 Å². The largest absolute Gasteiger partial charge is 0.487 e. The number of ether oxygens (including phenoxy) is 1. The number of rotatable bonds is 3. The van der Waals surface area contributed by atoms with Gasteiger partial charge >= 0.3 is 0 Å². The SMILES string of the molecule is C=C(C)COc1ccccc1N. The first-order valence-corrected chi connectivity index (χ1v) is 3.82. The molecule has 2 heteroatoms. The fraction of sp³-hybridized carbons (Fsp3) is 0.200. The summed E-state index contributed by atoms with van der Waals surface area (Å²) >= 11 is 0. The summed E-state index contributed by atoms with van der Waals surface area (Å²) in [4.78, 5) is 0. The van der Waals surface area contributed by atoms with E-state index < -0.39 is 0 Å². The topological polar surface area (TPSA) is 35.2 Å². The lowest BCUT2D eigenvalue weighted by Gasteiger charge is -2.07. The van der Waals surface area contributed by atoms with Crippen LogP contribution >= 0.6 is 0 Å². The molecule has 1 aromatic carbocycles. The van der Waals surface area contributed by atoms with Crippen molar-refractivity contribution in [3.8, 4) is 5.75 Å². The molecule has 0 heterocycles. The molecule has 2 nitrogen and oxygen atoms in total. The lowest BCUT2D eigenvalue weighted by Crippen LogP contribution is -2.00. The van der Waals surface area contributed by atoms with Gasteiger partial charge in [-0.1, -0.05) is 18.7 Å². The van der Waals surface area contributed by atoms with E-state index in [1.54, 1.807) is 0 Å². The van der Waals surface area contributed by atoms with E-state index in [-0.39, 0.29) is 0 Å². The monoisotopic (exact) mass is 163 g/mol. The van der Waals surface area contributed by atoms with E-state index in [0.29, 0.717) is 12.3 Å². The molecule has 0 amide bonds. The lowest BCUT2D eigenvalue weighted by molar-refractivity contribution is 0.354. The lowest BCUT2D eigenvalue weighted by atomic mass is 10.3. The summed E-state index contributed by atoms with van der Waals surface area (Å²) < 4.78 is 5.37. The summed E-state index contributed by atoms with van der Waals surface area (Å²) in [6.07, 6.45) is 0. The fourth-order valence-electron chi connectivity index (χ4n) is 0.813. The third kappa shape index (κ3) is 2.31. The Morgan fingerprint density at radius 2 is 2.17 bits per heavy atom. The van der Waals surface area contributed by atoms with Crippen molar-refractivity contribution in [1.82, 2.24) is 0 Å². The van der Waals surface area contributed by atoms with Crippen LogP contribution in [0.5, 0.6) is 5.75 Å². The minimum absolute atomic E-state index is 0.522. The molecule has 0 aromatic heterocycles. The minimum atomic E-state index is 0.522. The summed E-state index contributed by atoms with van der Waals surface area (Å²) in [6.45, 7) is 6.17. The van der Waals surface area contributed by atoms with Crippen LogP contribution in [0.3, 0.4) is 0 Å². The van der Waals surface area contributed by atoms with Crippen molar-refractivity contribution < 1.29 is 4.74 Å². The standard InChI is InChI=1S/C10H13NO/c1-8(2)7-12-10-6-4-3-5-9(10)11/h3-6H,1,7,11H2,2H3. The van der Waals surface area contributed by atoms with Crippen LogP contribution in [0.15, 0.2) is 36.4 Å². The summed E-state index contributed by atoms with van der Waals surface area (Å²) in [5, 5.41) is 0. The normalized spacial score (nSPS) is 9.42. The van der Waals surface area contributed by atoms with Crippen LogP contribution < -0.4 is 10.5 Å². The molecule has 0 aliphatic heterocycles. The molecule has 2 N–H and O–H groups in total. The van der Waals surface area contributed by atoms with Crippen molar-refractivity contribution in [2.45, 2.75) is 6.92 Å². The van der Waals surface area contributed by atoms with Crippen LogP contribution in [0.4, 0.5) is 5.69 Å². The zero-order valence-corrected chi connectivity index (χ0v) is 7.21. The first kappa shape index (κ1) is 8.65. The molecular formula is C10H13NO. The van der Waals surface area contributed by atoms with Gasteiger partial charge in [-0.2, -0.15) is 0 Å². The Bertz CT molecular complexity index is 281. The Hall–Kier alpha value is -1.44. The predicted octanol–water partition coefficient (Wildman–Crippen LogP) is 2.22. The number of benzene rings is 1. The Morgan fingerprint density at radius 1 is 1.50 bits per heavy atom. The number of hydrogen-bond acceptors (Lipinski definition) is 2. The summed E-state index contributed by atoms with van der Waals surface area (Å²) in [6, 6.07) is 7.43. The molecule has 1 aromatic rings. The molecule has 0 fully saturated rings. The zero-order valence-electron chi connectivity index (χ0n) is 7.21. The molecule has 0 aliphatic carbocycles. The van der Waals surface area contributed by atoms with Gasteiger partial charge < -0.3 is 10.5 Å². The molecule has 64 valence electrons. The third-order valence-corrected chi connectivity index (χ3v) is 1.39. The van der Waals surface area contributed by atoms with Crippen LogP contribution in [0.2, 0.25) is 0 Å². The first-order chi connectivity index (χ1) is 5.70.